The number of fused-ring (bicyclic) bond motifs is 3. The van der Waals surface area contributed by atoms with E-state index in [0.29, 0.717) is 12.2 Å². The van der Waals surface area contributed by atoms with Crippen molar-refractivity contribution >= 4 is 11.9 Å². The van der Waals surface area contributed by atoms with Gasteiger partial charge in [-0.1, -0.05) is 18.2 Å². The summed E-state index contributed by atoms with van der Waals surface area (Å²) in [7, 11) is 0. The van der Waals surface area contributed by atoms with Crippen molar-refractivity contribution < 1.29 is 24.5 Å². The van der Waals surface area contributed by atoms with Gasteiger partial charge in [-0.3, -0.25) is 0 Å². The van der Waals surface area contributed by atoms with E-state index < -0.39 is 11.9 Å². The summed E-state index contributed by atoms with van der Waals surface area (Å²) in [5, 5.41) is 19.1. The van der Waals surface area contributed by atoms with Gasteiger partial charge in [-0.05, 0) is 31.3 Å². The number of hydrogen-bond acceptors (Lipinski definition) is 4. The highest BCUT2D eigenvalue weighted by molar-refractivity contribution is 5.89. The van der Waals surface area contributed by atoms with Gasteiger partial charge >= 0.3 is 11.9 Å². The van der Waals surface area contributed by atoms with Crippen LogP contribution < -0.4 is 10.1 Å². The molecule has 0 aliphatic carbocycles. The summed E-state index contributed by atoms with van der Waals surface area (Å²) >= 11 is 0. The number of para-hydroxylation sites is 1. The second-order valence-electron chi connectivity index (χ2n) is 6.49. The van der Waals surface area contributed by atoms with Crippen LogP contribution in [0.4, 0.5) is 0 Å². The molecule has 1 aromatic heterocycles. The monoisotopic (exact) mass is 370 g/mol. The van der Waals surface area contributed by atoms with E-state index in [1.807, 2.05) is 0 Å². The van der Waals surface area contributed by atoms with Gasteiger partial charge in [0.1, 0.15) is 5.75 Å². The van der Waals surface area contributed by atoms with Crippen LogP contribution >= 0.6 is 0 Å². The predicted molar refractivity (Wildman–Crippen MR) is 98.8 cm³/mol. The first-order valence-corrected chi connectivity index (χ1v) is 8.77. The van der Waals surface area contributed by atoms with Crippen molar-refractivity contribution in [1.29, 1.82) is 0 Å². The molecular formula is C20H22N2O5. The number of piperidine rings is 1. The van der Waals surface area contributed by atoms with Crippen LogP contribution in [0.1, 0.15) is 24.1 Å². The van der Waals surface area contributed by atoms with Crippen LogP contribution in [0.2, 0.25) is 0 Å². The standard InChI is InChI=1S/C16H18N2O.C4H4O4/c1-2-5-14-13(4-1)12-18-11-3-6-15(18)16(19-14)7-9-17-10-8-16;5-3(6)1-2-4(7)8/h1-6,11,17H,7-10,12H2;1-2H,(H,5,6)(H,7,8). The Hall–Kier alpha value is -3.06. The van der Waals surface area contributed by atoms with Gasteiger partial charge in [0.15, 0.2) is 5.60 Å². The summed E-state index contributed by atoms with van der Waals surface area (Å²) in [5.74, 6) is -1.46. The molecule has 1 spiro atoms. The van der Waals surface area contributed by atoms with Gasteiger partial charge < -0.3 is 24.8 Å². The zero-order valence-corrected chi connectivity index (χ0v) is 14.8. The zero-order chi connectivity index (χ0) is 19.3. The van der Waals surface area contributed by atoms with Crippen molar-refractivity contribution in [2.45, 2.75) is 25.0 Å². The average Bonchev–Trinajstić information content (AvgIpc) is 3.08. The molecular weight excluding hydrogens is 348 g/mol. The molecule has 0 unspecified atom stereocenters. The topological polar surface area (TPSA) is 101 Å². The molecule has 3 N–H and O–H groups in total. The molecule has 3 heterocycles. The van der Waals surface area contributed by atoms with Crippen LogP contribution in [-0.4, -0.2) is 39.8 Å². The smallest absolute Gasteiger partial charge is 0.328 e. The van der Waals surface area contributed by atoms with Crippen LogP contribution in [0, 0.1) is 0 Å². The summed E-state index contributed by atoms with van der Waals surface area (Å²) in [6.45, 7) is 2.95. The molecule has 142 valence electrons. The van der Waals surface area contributed by atoms with E-state index in [9.17, 15) is 9.59 Å². The van der Waals surface area contributed by atoms with Gasteiger partial charge in [0, 0.05) is 36.8 Å². The third-order valence-corrected chi connectivity index (χ3v) is 4.69. The van der Waals surface area contributed by atoms with Crippen LogP contribution in [0.5, 0.6) is 5.75 Å². The number of carboxylic acid groups (broad SMARTS) is 2. The average molecular weight is 370 g/mol. The lowest BCUT2D eigenvalue weighted by Crippen LogP contribution is -2.44. The zero-order valence-electron chi connectivity index (χ0n) is 14.8. The fraction of sp³-hybridized carbons (Fsp3) is 0.300. The first-order valence-electron chi connectivity index (χ1n) is 8.77. The fourth-order valence-corrected chi connectivity index (χ4v) is 3.48. The number of rotatable bonds is 2. The molecule has 0 bridgehead atoms. The third kappa shape index (κ3) is 4.38. The minimum Gasteiger partial charge on any atom is -0.481 e. The highest BCUT2D eigenvalue weighted by atomic mass is 16.5. The predicted octanol–water partition coefficient (Wildman–Crippen LogP) is 2.22. The third-order valence-electron chi connectivity index (χ3n) is 4.69. The molecule has 0 saturated carbocycles. The number of hydrogen-bond donors (Lipinski definition) is 3. The van der Waals surface area contributed by atoms with E-state index in [0.717, 1.165) is 38.2 Å². The Labute approximate surface area is 156 Å². The second-order valence-corrected chi connectivity index (χ2v) is 6.49. The molecule has 7 heteroatoms. The minimum absolute atomic E-state index is 0.151. The Bertz CT molecular complexity index is 834. The molecule has 7 nitrogen and oxygen atoms in total. The Morgan fingerprint density at radius 2 is 1.70 bits per heavy atom. The van der Waals surface area contributed by atoms with E-state index in [1.165, 1.54) is 11.3 Å². The molecule has 2 aliphatic heterocycles. The normalized spacial score (nSPS) is 17.0. The van der Waals surface area contributed by atoms with E-state index in [2.05, 4.69) is 52.5 Å². The summed E-state index contributed by atoms with van der Waals surface area (Å²) < 4.78 is 8.85. The quantitative estimate of drug-likeness (QED) is 0.701. The van der Waals surface area contributed by atoms with Crippen LogP contribution in [0.15, 0.2) is 54.7 Å². The van der Waals surface area contributed by atoms with Crippen LogP contribution in [0.25, 0.3) is 0 Å². The highest BCUT2D eigenvalue weighted by Gasteiger charge is 2.40. The van der Waals surface area contributed by atoms with Crippen molar-refractivity contribution in [2.24, 2.45) is 0 Å². The number of aromatic nitrogens is 1. The van der Waals surface area contributed by atoms with Gasteiger partial charge in [0.2, 0.25) is 0 Å². The number of aliphatic carboxylic acids is 2. The summed E-state index contributed by atoms with van der Waals surface area (Å²) in [6, 6.07) is 12.8. The molecule has 0 amide bonds. The lowest BCUT2D eigenvalue weighted by Gasteiger charge is -2.37. The second kappa shape index (κ2) is 8.09. The van der Waals surface area contributed by atoms with Gasteiger partial charge in [-0.2, -0.15) is 0 Å². The maximum atomic E-state index is 9.55. The van der Waals surface area contributed by atoms with Crippen LogP contribution in [-0.2, 0) is 21.7 Å². The number of ether oxygens (including phenoxy) is 1. The number of carbonyl (C=O) groups is 2. The minimum atomic E-state index is -1.26. The molecule has 27 heavy (non-hydrogen) atoms. The van der Waals surface area contributed by atoms with E-state index in [4.69, 9.17) is 14.9 Å². The Balaban J connectivity index is 0.000000226. The molecule has 4 rings (SSSR count). The fourth-order valence-electron chi connectivity index (χ4n) is 3.48. The number of benzene rings is 1. The molecule has 0 radical (unpaired) electrons. The van der Waals surface area contributed by atoms with Gasteiger partial charge in [-0.25, -0.2) is 9.59 Å². The molecule has 2 aromatic rings. The van der Waals surface area contributed by atoms with Crippen molar-refractivity contribution in [3.8, 4) is 5.75 Å². The van der Waals surface area contributed by atoms with Crippen molar-refractivity contribution in [3.63, 3.8) is 0 Å². The van der Waals surface area contributed by atoms with Gasteiger partial charge in [0.05, 0.1) is 12.2 Å². The summed E-state index contributed by atoms with van der Waals surface area (Å²) in [6.07, 6.45) is 5.35. The molecule has 1 aromatic carbocycles. The lowest BCUT2D eigenvalue weighted by atomic mass is 9.88. The van der Waals surface area contributed by atoms with Crippen molar-refractivity contribution in [1.82, 2.24) is 9.88 Å². The highest BCUT2D eigenvalue weighted by Crippen LogP contribution is 2.40. The Morgan fingerprint density at radius 3 is 2.37 bits per heavy atom. The van der Waals surface area contributed by atoms with Crippen molar-refractivity contribution in [2.75, 3.05) is 13.1 Å². The largest absolute Gasteiger partial charge is 0.481 e. The maximum absolute atomic E-state index is 9.55. The lowest BCUT2D eigenvalue weighted by molar-refractivity contribution is -0.134. The maximum Gasteiger partial charge on any atom is 0.328 e. The first-order chi connectivity index (χ1) is 13.0. The molecule has 1 fully saturated rings. The summed E-state index contributed by atoms with van der Waals surface area (Å²) in [5.41, 5.74) is 2.45. The number of nitrogens with zero attached hydrogens (tertiary/aromatic N) is 1. The van der Waals surface area contributed by atoms with Crippen LogP contribution in [0.3, 0.4) is 0 Å². The number of carboxylic acids is 2. The van der Waals surface area contributed by atoms with Crippen molar-refractivity contribution in [3.05, 3.63) is 66.0 Å². The SMILES string of the molecule is O=C(O)C=CC(=O)O.c1ccc2c(c1)Cn1cccc1C1(CCNCC1)O2. The molecule has 0 atom stereocenters. The summed E-state index contributed by atoms with van der Waals surface area (Å²) in [4.78, 5) is 19.1. The molecule has 1 saturated heterocycles. The van der Waals surface area contributed by atoms with Gasteiger partial charge in [-0.15, -0.1) is 0 Å². The van der Waals surface area contributed by atoms with E-state index in [1.54, 1.807) is 0 Å². The van der Waals surface area contributed by atoms with E-state index in [-0.39, 0.29) is 5.60 Å². The number of nitrogens with one attached hydrogen (secondary N) is 1. The van der Waals surface area contributed by atoms with Gasteiger partial charge in [0.25, 0.3) is 0 Å². The Morgan fingerprint density at radius 1 is 1.04 bits per heavy atom. The first kappa shape index (κ1) is 18.7. The van der Waals surface area contributed by atoms with E-state index >= 15 is 0 Å². The Kier molecular flexibility index (Phi) is 5.61. The molecule has 2 aliphatic rings.